The largest absolute Gasteiger partial charge is 0.494 e. The number of ether oxygens (including phenoxy) is 1. The predicted octanol–water partition coefficient (Wildman–Crippen LogP) is 2.76. The first-order valence-corrected chi connectivity index (χ1v) is 8.02. The van der Waals surface area contributed by atoms with E-state index in [9.17, 15) is 9.18 Å². The number of likely N-dealkylation sites (tertiary alicyclic amines) is 1. The number of aromatic nitrogens is 2. The second-order valence-corrected chi connectivity index (χ2v) is 5.91. The molecule has 1 aliphatic heterocycles. The maximum atomic E-state index is 13.8. The molecule has 1 unspecified atom stereocenters. The third-order valence-corrected chi connectivity index (χ3v) is 4.31. The lowest BCUT2D eigenvalue weighted by Crippen LogP contribution is -2.35. The number of rotatable bonds is 5. The van der Waals surface area contributed by atoms with Gasteiger partial charge in [0.15, 0.2) is 17.4 Å². The normalized spacial score (nSPS) is 17.3. The molecule has 1 aliphatic rings. The standard InChI is InChI=1S/C17H20FN3O3/c1-11-19-16(20-24-11)8-6-13-4-3-9-21(13)17(22)12-5-7-15(23-2)14(18)10-12/h5,7,10,13H,3-4,6,8-9H2,1-2H3. The van der Waals surface area contributed by atoms with E-state index in [1.807, 2.05) is 4.90 Å². The van der Waals surface area contributed by atoms with Crippen molar-refractivity contribution in [3.8, 4) is 5.75 Å². The Morgan fingerprint density at radius 1 is 1.50 bits per heavy atom. The Morgan fingerprint density at radius 3 is 3.00 bits per heavy atom. The van der Waals surface area contributed by atoms with Crippen LogP contribution < -0.4 is 4.74 Å². The molecule has 0 aliphatic carbocycles. The summed E-state index contributed by atoms with van der Waals surface area (Å²) in [5.74, 6) is 0.655. The van der Waals surface area contributed by atoms with E-state index in [2.05, 4.69) is 10.1 Å². The molecule has 1 fully saturated rings. The summed E-state index contributed by atoms with van der Waals surface area (Å²) in [5, 5.41) is 3.88. The van der Waals surface area contributed by atoms with Crippen LogP contribution in [0.3, 0.4) is 0 Å². The summed E-state index contributed by atoms with van der Waals surface area (Å²) in [6.45, 7) is 2.43. The monoisotopic (exact) mass is 333 g/mol. The fourth-order valence-corrected chi connectivity index (χ4v) is 3.11. The van der Waals surface area contributed by atoms with Gasteiger partial charge in [0.2, 0.25) is 5.89 Å². The fourth-order valence-electron chi connectivity index (χ4n) is 3.11. The van der Waals surface area contributed by atoms with Gasteiger partial charge in [0.1, 0.15) is 0 Å². The van der Waals surface area contributed by atoms with Crippen LogP contribution in [0.15, 0.2) is 22.7 Å². The van der Waals surface area contributed by atoms with E-state index in [4.69, 9.17) is 9.26 Å². The van der Waals surface area contributed by atoms with Crippen LogP contribution in [-0.4, -0.2) is 40.6 Å². The Morgan fingerprint density at radius 2 is 2.33 bits per heavy atom. The van der Waals surface area contributed by atoms with Crippen molar-refractivity contribution in [2.75, 3.05) is 13.7 Å². The topological polar surface area (TPSA) is 68.5 Å². The second kappa shape index (κ2) is 6.98. The Hall–Kier alpha value is -2.44. The van der Waals surface area contributed by atoms with E-state index in [0.29, 0.717) is 30.2 Å². The van der Waals surface area contributed by atoms with Gasteiger partial charge in [-0.1, -0.05) is 5.16 Å². The molecule has 0 N–H and O–H groups in total. The number of amides is 1. The molecule has 1 aromatic carbocycles. The highest BCUT2D eigenvalue weighted by Gasteiger charge is 2.29. The molecule has 1 atom stereocenters. The maximum Gasteiger partial charge on any atom is 0.254 e. The van der Waals surface area contributed by atoms with Crippen LogP contribution in [0, 0.1) is 12.7 Å². The zero-order valence-electron chi connectivity index (χ0n) is 13.8. The summed E-state index contributed by atoms with van der Waals surface area (Å²) in [6, 6.07) is 4.43. The molecule has 2 aromatic rings. The van der Waals surface area contributed by atoms with Gasteiger partial charge >= 0.3 is 0 Å². The molecule has 6 nitrogen and oxygen atoms in total. The predicted molar refractivity (Wildman–Crippen MR) is 84.4 cm³/mol. The van der Waals surface area contributed by atoms with Gasteiger partial charge < -0.3 is 14.2 Å². The number of carbonyl (C=O) groups excluding carboxylic acids is 1. The summed E-state index contributed by atoms with van der Waals surface area (Å²) in [5.41, 5.74) is 0.343. The summed E-state index contributed by atoms with van der Waals surface area (Å²) in [7, 11) is 1.40. The van der Waals surface area contributed by atoms with Crippen molar-refractivity contribution in [2.24, 2.45) is 0 Å². The molecule has 0 radical (unpaired) electrons. The first kappa shape index (κ1) is 16.4. The van der Waals surface area contributed by atoms with Crippen LogP contribution >= 0.6 is 0 Å². The molecule has 1 saturated heterocycles. The van der Waals surface area contributed by atoms with E-state index in [1.54, 1.807) is 13.0 Å². The Labute approximate surface area is 139 Å². The number of hydrogen-bond acceptors (Lipinski definition) is 5. The highest BCUT2D eigenvalue weighted by atomic mass is 19.1. The first-order valence-electron chi connectivity index (χ1n) is 8.02. The molecule has 1 aromatic heterocycles. The molecule has 3 rings (SSSR count). The van der Waals surface area contributed by atoms with E-state index in [-0.39, 0.29) is 17.7 Å². The molecule has 7 heteroatoms. The molecule has 24 heavy (non-hydrogen) atoms. The lowest BCUT2D eigenvalue weighted by molar-refractivity contribution is 0.0729. The number of carbonyl (C=O) groups is 1. The van der Waals surface area contributed by atoms with E-state index >= 15 is 0 Å². The van der Waals surface area contributed by atoms with E-state index in [0.717, 1.165) is 19.3 Å². The minimum Gasteiger partial charge on any atom is -0.494 e. The molecule has 128 valence electrons. The van der Waals surface area contributed by atoms with Crippen molar-refractivity contribution >= 4 is 5.91 Å². The minimum atomic E-state index is -0.527. The first-order chi connectivity index (χ1) is 11.6. The van der Waals surface area contributed by atoms with Crippen LogP contribution in [0.2, 0.25) is 0 Å². The summed E-state index contributed by atoms with van der Waals surface area (Å²) in [6.07, 6.45) is 3.30. The number of halogens is 1. The lowest BCUT2D eigenvalue weighted by Gasteiger charge is -2.24. The number of nitrogens with zero attached hydrogens (tertiary/aromatic N) is 3. The molecule has 0 saturated carbocycles. The molecular formula is C17H20FN3O3. The Bertz CT molecular complexity index is 732. The summed E-state index contributed by atoms with van der Waals surface area (Å²) < 4.78 is 23.7. The number of hydrogen-bond donors (Lipinski definition) is 0. The lowest BCUT2D eigenvalue weighted by atomic mass is 10.1. The minimum absolute atomic E-state index is 0.112. The second-order valence-electron chi connectivity index (χ2n) is 5.91. The molecule has 2 heterocycles. The number of methoxy groups -OCH3 is 1. The Kier molecular flexibility index (Phi) is 4.78. The smallest absolute Gasteiger partial charge is 0.254 e. The molecule has 0 spiro atoms. The van der Waals surface area contributed by atoms with Gasteiger partial charge in [0.05, 0.1) is 7.11 Å². The van der Waals surface area contributed by atoms with Crippen molar-refractivity contribution in [2.45, 2.75) is 38.6 Å². The van der Waals surface area contributed by atoms with Gasteiger partial charge in [-0.3, -0.25) is 4.79 Å². The summed E-state index contributed by atoms with van der Waals surface area (Å²) >= 11 is 0. The van der Waals surface area contributed by atoms with E-state index in [1.165, 1.54) is 19.2 Å². The van der Waals surface area contributed by atoms with Crippen LogP contribution in [0.5, 0.6) is 5.75 Å². The van der Waals surface area contributed by atoms with Crippen molar-refractivity contribution in [3.05, 3.63) is 41.3 Å². The van der Waals surface area contributed by atoms with Crippen LogP contribution in [-0.2, 0) is 6.42 Å². The quantitative estimate of drug-likeness (QED) is 0.841. The van der Waals surface area contributed by atoms with Gasteiger partial charge in [-0.2, -0.15) is 4.98 Å². The highest BCUT2D eigenvalue weighted by Crippen LogP contribution is 2.25. The van der Waals surface area contributed by atoms with Crippen molar-refractivity contribution < 1.29 is 18.4 Å². The van der Waals surface area contributed by atoms with Crippen LogP contribution in [0.1, 0.15) is 41.3 Å². The SMILES string of the molecule is COc1ccc(C(=O)N2CCCC2CCc2noc(C)n2)cc1F. The average molecular weight is 333 g/mol. The van der Waals surface area contributed by atoms with Crippen molar-refractivity contribution in [1.29, 1.82) is 0 Å². The number of benzene rings is 1. The van der Waals surface area contributed by atoms with Gasteiger partial charge in [-0.05, 0) is 37.5 Å². The Balaban J connectivity index is 1.67. The van der Waals surface area contributed by atoms with Gasteiger partial charge in [0, 0.05) is 31.5 Å². The fraction of sp³-hybridized carbons (Fsp3) is 0.471. The van der Waals surface area contributed by atoms with Crippen LogP contribution in [0.4, 0.5) is 4.39 Å². The third kappa shape index (κ3) is 3.39. The van der Waals surface area contributed by atoms with Gasteiger partial charge in [0.25, 0.3) is 5.91 Å². The molecule has 0 bridgehead atoms. The summed E-state index contributed by atoms with van der Waals surface area (Å²) in [4.78, 5) is 18.7. The third-order valence-electron chi connectivity index (χ3n) is 4.31. The van der Waals surface area contributed by atoms with Gasteiger partial charge in [-0.25, -0.2) is 4.39 Å². The molecular weight excluding hydrogens is 313 g/mol. The van der Waals surface area contributed by atoms with Gasteiger partial charge in [-0.15, -0.1) is 0 Å². The van der Waals surface area contributed by atoms with Crippen LogP contribution in [0.25, 0.3) is 0 Å². The molecule has 1 amide bonds. The highest BCUT2D eigenvalue weighted by molar-refractivity contribution is 5.94. The average Bonchev–Trinajstić information content (AvgIpc) is 3.20. The zero-order chi connectivity index (χ0) is 17.1. The maximum absolute atomic E-state index is 13.8. The zero-order valence-corrected chi connectivity index (χ0v) is 13.8. The number of aryl methyl sites for hydroxylation is 2. The van der Waals surface area contributed by atoms with Crippen molar-refractivity contribution in [1.82, 2.24) is 15.0 Å². The van der Waals surface area contributed by atoms with E-state index < -0.39 is 5.82 Å². The van der Waals surface area contributed by atoms with Crippen molar-refractivity contribution in [3.63, 3.8) is 0 Å².